The first kappa shape index (κ1) is 22.6. The highest BCUT2D eigenvalue weighted by molar-refractivity contribution is 5.80. The lowest BCUT2D eigenvalue weighted by Crippen LogP contribution is -2.41. The van der Waals surface area contributed by atoms with Crippen molar-refractivity contribution >= 4 is 11.0 Å². The van der Waals surface area contributed by atoms with Crippen LogP contribution in [0.25, 0.3) is 11.0 Å². The fourth-order valence-electron chi connectivity index (χ4n) is 4.07. The molecule has 0 bridgehead atoms. The highest BCUT2D eigenvalue weighted by Gasteiger charge is 2.38. The molecular weight excluding hydrogens is 420 g/mol. The number of aromatic amines is 1. The van der Waals surface area contributed by atoms with Gasteiger partial charge in [-0.2, -0.15) is 15.4 Å². The van der Waals surface area contributed by atoms with E-state index >= 15 is 0 Å². The van der Waals surface area contributed by atoms with Gasteiger partial charge in [-0.15, -0.1) is 0 Å². The average Bonchev–Trinajstić information content (AvgIpc) is 3.34. The van der Waals surface area contributed by atoms with E-state index < -0.39 is 11.7 Å². The highest BCUT2D eigenvalue weighted by Crippen LogP contribution is 2.41. The van der Waals surface area contributed by atoms with Gasteiger partial charge in [0.25, 0.3) is 0 Å². The van der Waals surface area contributed by atoms with Gasteiger partial charge >= 0.3 is 0 Å². The summed E-state index contributed by atoms with van der Waals surface area (Å²) in [5, 5.41) is 21.8. The van der Waals surface area contributed by atoms with Crippen molar-refractivity contribution in [2.45, 2.75) is 24.5 Å². The minimum atomic E-state index is -0.979. The van der Waals surface area contributed by atoms with Gasteiger partial charge in [-0.3, -0.25) is 0 Å². The molecule has 0 radical (unpaired) electrons. The summed E-state index contributed by atoms with van der Waals surface area (Å²) in [5.41, 5.74) is 8.02. The molecule has 0 fully saturated rings. The van der Waals surface area contributed by atoms with E-state index in [1.54, 1.807) is 14.2 Å². The molecule has 0 amide bonds. The molecule has 3 aromatic carbocycles. The van der Waals surface area contributed by atoms with E-state index in [1.165, 1.54) is 0 Å². The van der Waals surface area contributed by atoms with E-state index in [2.05, 4.69) is 15.4 Å². The van der Waals surface area contributed by atoms with Gasteiger partial charge in [0.1, 0.15) is 16.9 Å². The minimum absolute atomic E-state index is 0.0986. The molecule has 0 spiro atoms. The molecule has 4 aromatic rings. The summed E-state index contributed by atoms with van der Waals surface area (Å²) in [6.07, 6.45) is -0.0603. The van der Waals surface area contributed by atoms with Gasteiger partial charge in [0.15, 0.2) is 17.0 Å². The number of aliphatic hydroxyl groups excluding tert-OH is 1. The van der Waals surface area contributed by atoms with Crippen molar-refractivity contribution in [2.75, 3.05) is 20.8 Å². The SMILES string of the molecule is COc1ccc(C(Cc2ccccc2)(C[C@H](O)CN)Oc2cccc3n[nH]nc23)cc1OC. The fourth-order valence-corrected chi connectivity index (χ4v) is 4.07. The number of hydrogen-bond acceptors (Lipinski definition) is 7. The quantitative estimate of drug-likeness (QED) is 0.341. The zero-order chi connectivity index (χ0) is 23.3. The topological polar surface area (TPSA) is 116 Å². The lowest BCUT2D eigenvalue weighted by molar-refractivity contribution is 0.0104. The number of benzene rings is 3. The first-order valence-corrected chi connectivity index (χ1v) is 10.7. The van der Waals surface area contributed by atoms with Crippen LogP contribution in [0.3, 0.4) is 0 Å². The molecule has 2 atom stereocenters. The molecule has 8 heteroatoms. The Morgan fingerprint density at radius 3 is 2.45 bits per heavy atom. The van der Waals surface area contributed by atoms with Crippen LogP contribution in [0.15, 0.2) is 66.7 Å². The third-order valence-corrected chi connectivity index (χ3v) is 5.69. The van der Waals surface area contributed by atoms with Gasteiger partial charge in [0, 0.05) is 19.4 Å². The molecule has 0 aliphatic heterocycles. The fraction of sp³-hybridized carbons (Fsp3) is 0.280. The van der Waals surface area contributed by atoms with E-state index in [9.17, 15) is 5.11 Å². The molecule has 0 saturated carbocycles. The number of nitrogens with one attached hydrogen (secondary N) is 1. The van der Waals surface area contributed by atoms with Crippen molar-refractivity contribution in [3.63, 3.8) is 0 Å². The molecule has 4 rings (SSSR count). The summed E-state index contributed by atoms with van der Waals surface area (Å²) in [6.45, 7) is 0.0986. The van der Waals surface area contributed by atoms with Crippen LogP contribution in [-0.4, -0.2) is 47.4 Å². The Kier molecular flexibility index (Phi) is 6.76. The van der Waals surface area contributed by atoms with Crippen LogP contribution in [-0.2, 0) is 12.0 Å². The monoisotopic (exact) mass is 448 g/mol. The number of methoxy groups -OCH3 is 2. The number of aliphatic hydroxyl groups is 1. The van der Waals surface area contributed by atoms with Crippen LogP contribution in [0.1, 0.15) is 17.5 Å². The maximum absolute atomic E-state index is 10.7. The normalized spacial score (nSPS) is 13.9. The minimum Gasteiger partial charge on any atom is -0.493 e. The number of nitrogens with zero attached hydrogens (tertiary/aromatic N) is 2. The van der Waals surface area contributed by atoms with Crippen LogP contribution in [0.2, 0.25) is 0 Å². The van der Waals surface area contributed by atoms with Crippen molar-refractivity contribution in [1.29, 1.82) is 0 Å². The van der Waals surface area contributed by atoms with E-state index in [-0.39, 0.29) is 13.0 Å². The second-order valence-corrected chi connectivity index (χ2v) is 7.87. The van der Waals surface area contributed by atoms with Crippen LogP contribution >= 0.6 is 0 Å². The van der Waals surface area contributed by atoms with Crippen molar-refractivity contribution < 1.29 is 19.3 Å². The molecule has 1 heterocycles. The zero-order valence-corrected chi connectivity index (χ0v) is 18.7. The van der Waals surface area contributed by atoms with E-state index in [0.29, 0.717) is 34.7 Å². The molecule has 172 valence electrons. The number of para-hydroxylation sites is 1. The Balaban J connectivity index is 1.90. The smallest absolute Gasteiger partial charge is 0.161 e. The Labute approximate surface area is 192 Å². The van der Waals surface area contributed by atoms with Gasteiger partial charge in [-0.05, 0) is 35.4 Å². The lowest BCUT2D eigenvalue weighted by atomic mass is 9.82. The molecule has 33 heavy (non-hydrogen) atoms. The molecule has 0 aliphatic rings. The highest BCUT2D eigenvalue weighted by atomic mass is 16.5. The summed E-state index contributed by atoms with van der Waals surface area (Å²) in [5.74, 6) is 1.72. The Morgan fingerprint density at radius 1 is 0.939 bits per heavy atom. The number of rotatable bonds is 10. The standard InChI is InChI=1S/C25H28N4O4/c1-31-21-12-11-18(13-23(21)32-2)25(15-19(30)16-26,14-17-7-4-3-5-8-17)33-22-10-6-9-20-24(22)28-29-27-20/h3-13,19,30H,14-16,26H2,1-2H3,(H,27,28,29)/t19-,25?/m0/s1. The number of nitrogens with two attached hydrogens (primary N) is 1. The molecule has 4 N–H and O–H groups in total. The maximum Gasteiger partial charge on any atom is 0.161 e. The molecular formula is C25H28N4O4. The van der Waals surface area contributed by atoms with Crippen LogP contribution in [0.4, 0.5) is 0 Å². The summed E-state index contributed by atoms with van der Waals surface area (Å²) >= 11 is 0. The first-order chi connectivity index (χ1) is 16.1. The lowest BCUT2D eigenvalue weighted by Gasteiger charge is -2.37. The van der Waals surface area contributed by atoms with Crippen molar-refractivity contribution in [3.8, 4) is 17.2 Å². The van der Waals surface area contributed by atoms with Gasteiger partial charge < -0.3 is 25.1 Å². The second kappa shape index (κ2) is 9.89. The molecule has 1 aromatic heterocycles. The van der Waals surface area contributed by atoms with Gasteiger partial charge in [-0.1, -0.05) is 42.5 Å². The third kappa shape index (κ3) is 4.76. The molecule has 8 nitrogen and oxygen atoms in total. The number of ether oxygens (including phenoxy) is 3. The van der Waals surface area contributed by atoms with E-state index in [1.807, 2.05) is 66.7 Å². The Hall–Kier alpha value is -3.62. The maximum atomic E-state index is 10.7. The van der Waals surface area contributed by atoms with E-state index in [0.717, 1.165) is 11.1 Å². The predicted octanol–water partition coefficient (Wildman–Crippen LogP) is 3.20. The van der Waals surface area contributed by atoms with Crippen molar-refractivity contribution in [1.82, 2.24) is 15.4 Å². The summed E-state index contributed by atoms with van der Waals surface area (Å²) < 4.78 is 17.8. The number of aromatic nitrogens is 3. The molecule has 0 aliphatic carbocycles. The molecule has 0 saturated heterocycles. The molecule has 1 unspecified atom stereocenters. The van der Waals surface area contributed by atoms with Crippen LogP contribution in [0, 0.1) is 0 Å². The Morgan fingerprint density at radius 2 is 1.73 bits per heavy atom. The first-order valence-electron chi connectivity index (χ1n) is 10.7. The van der Waals surface area contributed by atoms with Crippen LogP contribution in [0.5, 0.6) is 17.2 Å². The number of fused-ring (bicyclic) bond motifs is 1. The number of hydrogen-bond donors (Lipinski definition) is 3. The van der Waals surface area contributed by atoms with Gasteiger partial charge in [-0.25, -0.2) is 0 Å². The average molecular weight is 449 g/mol. The van der Waals surface area contributed by atoms with Gasteiger partial charge in [0.2, 0.25) is 0 Å². The van der Waals surface area contributed by atoms with Gasteiger partial charge in [0.05, 0.1) is 20.3 Å². The van der Waals surface area contributed by atoms with Crippen LogP contribution < -0.4 is 19.9 Å². The zero-order valence-electron chi connectivity index (χ0n) is 18.7. The summed E-state index contributed by atoms with van der Waals surface area (Å²) in [6, 6.07) is 21.2. The largest absolute Gasteiger partial charge is 0.493 e. The Bertz CT molecular complexity index is 1200. The summed E-state index contributed by atoms with van der Waals surface area (Å²) in [4.78, 5) is 0. The second-order valence-electron chi connectivity index (χ2n) is 7.87. The van der Waals surface area contributed by atoms with E-state index in [4.69, 9.17) is 19.9 Å². The summed E-state index contributed by atoms with van der Waals surface area (Å²) in [7, 11) is 3.18. The van der Waals surface area contributed by atoms with Crippen molar-refractivity contribution in [3.05, 3.63) is 77.9 Å². The third-order valence-electron chi connectivity index (χ3n) is 5.69. The number of H-pyrrole nitrogens is 1. The predicted molar refractivity (Wildman–Crippen MR) is 126 cm³/mol. The van der Waals surface area contributed by atoms with Crippen molar-refractivity contribution in [2.24, 2.45) is 5.73 Å².